The van der Waals surface area contributed by atoms with Crippen LogP contribution in [0.5, 0.6) is 5.75 Å². The second-order valence-corrected chi connectivity index (χ2v) is 5.17. The second-order valence-electron chi connectivity index (χ2n) is 4.77. The molecule has 3 nitrogen and oxygen atoms in total. The van der Waals surface area contributed by atoms with Gasteiger partial charge in [-0.3, -0.25) is 0 Å². The van der Waals surface area contributed by atoms with Crippen LogP contribution < -0.4 is 15.4 Å². The van der Waals surface area contributed by atoms with Crippen LogP contribution in [0, 0.1) is 5.92 Å². The Bertz CT molecular complexity index is 391. The molecule has 1 fully saturated rings. The lowest BCUT2D eigenvalue weighted by Crippen LogP contribution is -2.37. The highest BCUT2D eigenvalue weighted by atomic mass is 35.5. The largest absolute Gasteiger partial charge is 0.495 e. The number of piperidine rings is 1. The van der Waals surface area contributed by atoms with Crippen LogP contribution in [-0.2, 0) is 0 Å². The molecule has 100 valence electrons. The number of hydrogen-bond donors (Lipinski definition) is 2. The van der Waals surface area contributed by atoms with Gasteiger partial charge >= 0.3 is 0 Å². The molecule has 0 saturated carbocycles. The van der Waals surface area contributed by atoms with Gasteiger partial charge in [-0.25, -0.2) is 0 Å². The van der Waals surface area contributed by atoms with Crippen LogP contribution in [0.2, 0.25) is 5.02 Å². The van der Waals surface area contributed by atoms with E-state index in [1.807, 2.05) is 19.2 Å². The topological polar surface area (TPSA) is 33.3 Å². The fourth-order valence-electron chi connectivity index (χ4n) is 2.71. The molecule has 0 aliphatic carbocycles. The van der Waals surface area contributed by atoms with Crippen LogP contribution >= 0.6 is 11.6 Å². The summed E-state index contributed by atoms with van der Waals surface area (Å²) in [6.07, 6.45) is 2.49. The Labute approximate surface area is 114 Å². The van der Waals surface area contributed by atoms with E-state index < -0.39 is 0 Å². The van der Waals surface area contributed by atoms with Crippen molar-refractivity contribution in [3.63, 3.8) is 0 Å². The zero-order chi connectivity index (χ0) is 13.0. The molecule has 0 bridgehead atoms. The quantitative estimate of drug-likeness (QED) is 0.881. The third-order valence-corrected chi connectivity index (χ3v) is 3.95. The summed E-state index contributed by atoms with van der Waals surface area (Å²) in [6, 6.07) is 6.40. The van der Waals surface area contributed by atoms with Crippen molar-refractivity contribution in [3.05, 3.63) is 28.8 Å². The van der Waals surface area contributed by atoms with Crippen molar-refractivity contribution in [3.8, 4) is 5.75 Å². The number of nitrogens with one attached hydrogen (secondary N) is 2. The third kappa shape index (κ3) is 2.97. The van der Waals surface area contributed by atoms with Crippen LogP contribution in [0.4, 0.5) is 0 Å². The monoisotopic (exact) mass is 268 g/mol. The van der Waals surface area contributed by atoms with Crippen molar-refractivity contribution in [1.82, 2.24) is 10.6 Å². The Balaban J connectivity index is 2.18. The molecule has 1 aromatic rings. The molecule has 4 heteroatoms. The molecule has 2 N–H and O–H groups in total. The molecule has 1 aliphatic rings. The van der Waals surface area contributed by atoms with Crippen LogP contribution in [0.3, 0.4) is 0 Å². The predicted octanol–water partition coefficient (Wildman–Crippen LogP) is 2.61. The molecule has 1 aliphatic heterocycles. The number of benzene rings is 1. The van der Waals surface area contributed by atoms with Gasteiger partial charge in [0.2, 0.25) is 0 Å². The first-order valence-electron chi connectivity index (χ1n) is 6.47. The zero-order valence-electron chi connectivity index (χ0n) is 11.0. The van der Waals surface area contributed by atoms with Gasteiger partial charge in [0.1, 0.15) is 5.75 Å². The minimum atomic E-state index is 0.348. The minimum Gasteiger partial charge on any atom is -0.495 e. The van der Waals surface area contributed by atoms with E-state index >= 15 is 0 Å². The maximum absolute atomic E-state index is 6.20. The maximum atomic E-state index is 6.20. The maximum Gasteiger partial charge on any atom is 0.137 e. The van der Waals surface area contributed by atoms with Gasteiger partial charge in [-0.1, -0.05) is 17.7 Å². The number of ether oxygens (including phenoxy) is 1. The smallest absolute Gasteiger partial charge is 0.137 e. The van der Waals surface area contributed by atoms with Crippen molar-refractivity contribution >= 4 is 11.6 Å². The Morgan fingerprint density at radius 2 is 2.33 bits per heavy atom. The Hall–Kier alpha value is -0.770. The van der Waals surface area contributed by atoms with Gasteiger partial charge in [-0.2, -0.15) is 0 Å². The summed E-state index contributed by atoms with van der Waals surface area (Å²) in [6.45, 7) is 2.20. The molecule has 2 atom stereocenters. The first-order valence-corrected chi connectivity index (χ1v) is 6.85. The van der Waals surface area contributed by atoms with Gasteiger partial charge in [0.05, 0.1) is 12.1 Å². The van der Waals surface area contributed by atoms with Gasteiger partial charge < -0.3 is 15.4 Å². The van der Waals surface area contributed by atoms with E-state index in [0.717, 1.165) is 18.8 Å². The van der Waals surface area contributed by atoms with Gasteiger partial charge in [0, 0.05) is 6.04 Å². The third-order valence-electron chi connectivity index (χ3n) is 3.65. The number of methoxy groups -OCH3 is 1. The molecular formula is C14H21ClN2O. The standard InChI is InChI=1S/C14H21ClN2O/c1-16-14(11-4-3-7-17-9-11)10-5-6-13(18-2)12(15)8-10/h5-6,8,11,14,16-17H,3-4,7,9H2,1-2H3. The van der Waals surface area contributed by atoms with E-state index in [1.165, 1.54) is 18.4 Å². The molecule has 1 heterocycles. The number of hydrogen-bond acceptors (Lipinski definition) is 3. The van der Waals surface area contributed by atoms with Crippen LogP contribution in [0.25, 0.3) is 0 Å². The van der Waals surface area contributed by atoms with Crippen molar-refractivity contribution in [2.75, 3.05) is 27.2 Å². The highest BCUT2D eigenvalue weighted by molar-refractivity contribution is 6.32. The predicted molar refractivity (Wildman–Crippen MR) is 75.4 cm³/mol. The van der Waals surface area contributed by atoms with Crippen LogP contribution in [-0.4, -0.2) is 27.2 Å². The first kappa shape index (κ1) is 13.7. The summed E-state index contributed by atoms with van der Waals surface area (Å²) in [5.41, 5.74) is 1.23. The lowest BCUT2D eigenvalue weighted by molar-refractivity contribution is 0.298. The second kappa shape index (κ2) is 6.41. The molecule has 0 radical (unpaired) electrons. The average Bonchev–Trinajstić information content (AvgIpc) is 2.41. The van der Waals surface area contributed by atoms with Gasteiger partial charge in [-0.15, -0.1) is 0 Å². The summed E-state index contributed by atoms with van der Waals surface area (Å²) in [5.74, 6) is 1.35. The highest BCUT2D eigenvalue weighted by Gasteiger charge is 2.24. The fourth-order valence-corrected chi connectivity index (χ4v) is 2.98. The van der Waals surface area contributed by atoms with Crippen molar-refractivity contribution in [2.24, 2.45) is 5.92 Å². The molecule has 0 amide bonds. The highest BCUT2D eigenvalue weighted by Crippen LogP contribution is 2.32. The average molecular weight is 269 g/mol. The van der Waals surface area contributed by atoms with Crippen molar-refractivity contribution in [2.45, 2.75) is 18.9 Å². The normalized spacial score (nSPS) is 21.6. The molecule has 2 unspecified atom stereocenters. The SMILES string of the molecule is CNC(c1ccc(OC)c(Cl)c1)C1CCCNC1. The summed E-state index contributed by atoms with van der Waals surface area (Å²) >= 11 is 6.20. The number of halogens is 1. The molecular weight excluding hydrogens is 248 g/mol. The minimum absolute atomic E-state index is 0.348. The summed E-state index contributed by atoms with van der Waals surface area (Å²) < 4.78 is 5.19. The van der Waals surface area contributed by atoms with E-state index in [-0.39, 0.29) is 0 Å². The molecule has 18 heavy (non-hydrogen) atoms. The molecule has 0 aromatic heterocycles. The van der Waals surface area contributed by atoms with E-state index in [4.69, 9.17) is 16.3 Å². The van der Waals surface area contributed by atoms with E-state index in [1.54, 1.807) is 7.11 Å². The molecule has 2 rings (SSSR count). The van der Waals surface area contributed by atoms with Crippen molar-refractivity contribution in [1.29, 1.82) is 0 Å². The lowest BCUT2D eigenvalue weighted by atomic mass is 9.87. The van der Waals surface area contributed by atoms with E-state index in [0.29, 0.717) is 17.0 Å². The zero-order valence-corrected chi connectivity index (χ0v) is 11.8. The van der Waals surface area contributed by atoms with Gasteiger partial charge in [0.15, 0.2) is 0 Å². The van der Waals surface area contributed by atoms with E-state index in [9.17, 15) is 0 Å². The van der Waals surface area contributed by atoms with Gasteiger partial charge in [0.25, 0.3) is 0 Å². The molecule has 0 spiro atoms. The molecule has 1 aromatic carbocycles. The van der Waals surface area contributed by atoms with Crippen molar-refractivity contribution < 1.29 is 4.74 Å². The molecule has 1 saturated heterocycles. The van der Waals surface area contributed by atoms with Gasteiger partial charge in [-0.05, 0) is 56.6 Å². The Morgan fingerprint density at radius 3 is 2.89 bits per heavy atom. The van der Waals surface area contributed by atoms with E-state index in [2.05, 4.69) is 16.7 Å². The number of rotatable bonds is 4. The Morgan fingerprint density at radius 1 is 1.50 bits per heavy atom. The van der Waals surface area contributed by atoms with Crippen LogP contribution in [0.15, 0.2) is 18.2 Å². The summed E-state index contributed by atoms with van der Waals surface area (Å²) in [7, 11) is 3.65. The summed E-state index contributed by atoms with van der Waals surface area (Å²) in [4.78, 5) is 0. The lowest BCUT2D eigenvalue weighted by Gasteiger charge is -2.31. The summed E-state index contributed by atoms with van der Waals surface area (Å²) in [5, 5.41) is 7.55. The first-order chi connectivity index (χ1) is 8.76. The van der Waals surface area contributed by atoms with Crippen LogP contribution in [0.1, 0.15) is 24.4 Å². The Kier molecular flexibility index (Phi) is 4.87. The fraction of sp³-hybridized carbons (Fsp3) is 0.571.